The second-order valence-corrected chi connectivity index (χ2v) is 8.20. The first-order valence-corrected chi connectivity index (χ1v) is 9.25. The summed E-state index contributed by atoms with van der Waals surface area (Å²) in [4.78, 5) is 19.3. The van der Waals surface area contributed by atoms with Gasteiger partial charge in [0.1, 0.15) is 11.9 Å². The maximum absolute atomic E-state index is 11.5. The number of carbonyl (C=O) groups is 1. The van der Waals surface area contributed by atoms with E-state index >= 15 is 0 Å². The van der Waals surface area contributed by atoms with Gasteiger partial charge >= 0.3 is 0 Å². The van der Waals surface area contributed by atoms with Crippen LogP contribution in [0.25, 0.3) is 0 Å². The van der Waals surface area contributed by atoms with Gasteiger partial charge in [0.05, 0.1) is 11.8 Å². The molecule has 0 spiro atoms. The zero-order chi connectivity index (χ0) is 17.9. The van der Waals surface area contributed by atoms with Gasteiger partial charge in [0.15, 0.2) is 5.15 Å². The summed E-state index contributed by atoms with van der Waals surface area (Å²) in [5, 5.41) is 3.54. The van der Waals surface area contributed by atoms with E-state index < -0.39 is 0 Å². The molecule has 2 rings (SSSR count). The van der Waals surface area contributed by atoms with E-state index in [1.807, 2.05) is 0 Å². The Bertz CT molecular complexity index is 565. The van der Waals surface area contributed by atoms with Crippen LogP contribution in [-0.2, 0) is 16.0 Å². The molecule has 1 saturated heterocycles. The molecule has 2 heterocycles. The number of aromatic nitrogens is 2. The fourth-order valence-corrected chi connectivity index (χ4v) is 3.43. The van der Waals surface area contributed by atoms with Crippen LogP contribution in [0, 0.1) is 5.41 Å². The number of carbonyl (C=O) groups excluding carboxylic acids is 1. The molecule has 1 amide bonds. The van der Waals surface area contributed by atoms with Crippen molar-refractivity contribution in [2.24, 2.45) is 5.41 Å². The predicted octanol–water partition coefficient (Wildman–Crippen LogP) is 4.18. The number of hydrogen-bond acceptors (Lipinski definition) is 3. The van der Waals surface area contributed by atoms with E-state index in [0.29, 0.717) is 11.6 Å². The molecule has 0 unspecified atom stereocenters. The largest absolute Gasteiger partial charge is 0.368 e. The third kappa shape index (κ3) is 4.96. The lowest BCUT2D eigenvalue weighted by Gasteiger charge is -2.41. The zero-order valence-corrected chi connectivity index (χ0v) is 16.2. The SMILES string of the molecule is CCCCc1nc(Cl)c([C@@H]2C[C@H](NC(C)=O)C[C@H](C(C)(C)C)O2)[nH]1. The maximum atomic E-state index is 11.5. The highest BCUT2D eigenvalue weighted by Crippen LogP contribution is 2.39. The van der Waals surface area contributed by atoms with Gasteiger partial charge in [-0.25, -0.2) is 4.98 Å². The van der Waals surface area contributed by atoms with Crippen LogP contribution in [0.15, 0.2) is 0 Å². The smallest absolute Gasteiger partial charge is 0.217 e. The Morgan fingerprint density at radius 2 is 2.12 bits per heavy atom. The normalized spacial score (nSPS) is 24.8. The highest BCUT2D eigenvalue weighted by Gasteiger charge is 2.38. The number of halogens is 1. The molecule has 0 radical (unpaired) electrons. The molecule has 1 aliphatic rings. The van der Waals surface area contributed by atoms with Crippen LogP contribution >= 0.6 is 11.6 Å². The number of unbranched alkanes of at least 4 members (excludes halogenated alkanes) is 1. The highest BCUT2D eigenvalue weighted by atomic mass is 35.5. The first-order valence-electron chi connectivity index (χ1n) is 8.87. The lowest BCUT2D eigenvalue weighted by Crippen LogP contribution is -2.46. The number of nitrogens with one attached hydrogen (secondary N) is 2. The van der Waals surface area contributed by atoms with Crippen LogP contribution < -0.4 is 5.32 Å². The van der Waals surface area contributed by atoms with Gasteiger partial charge in [-0.1, -0.05) is 45.7 Å². The molecule has 0 aromatic carbocycles. The highest BCUT2D eigenvalue weighted by molar-refractivity contribution is 6.30. The summed E-state index contributed by atoms with van der Waals surface area (Å²) >= 11 is 6.36. The first kappa shape index (κ1) is 19.3. The van der Waals surface area contributed by atoms with Crippen molar-refractivity contribution in [2.75, 3.05) is 0 Å². The molecule has 5 nitrogen and oxygen atoms in total. The topological polar surface area (TPSA) is 67.0 Å². The number of hydrogen-bond donors (Lipinski definition) is 2. The Balaban J connectivity index is 2.20. The fraction of sp³-hybridized carbons (Fsp3) is 0.778. The molecule has 1 aromatic rings. The molecule has 3 atom stereocenters. The number of H-pyrrole nitrogens is 1. The number of imidazole rings is 1. The fourth-order valence-electron chi connectivity index (χ4n) is 3.16. The summed E-state index contributed by atoms with van der Waals surface area (Å²) in [6.07, 6.45) is 4.48. The van der Waals surface area contributed by atoms with E-state index in [9.17, 15) is 4.79 Å². The summed E-state index contributed by atoms with van der Waals surface area (Å²) in [6.45, 7) is 10.2. The van der Waals surface area contributed by atoms with Crippen molar-refractivity contribution in [1.29, 1.82) is 0 Å². The number of ether oxygens (including phenoxy) is 1. The van der Waals surface area contributed by atoms with Crippen molar-refractivity contribution >= 4 is 17.5 Å². The van der Waals surface area contributed by atoms with Crippen LogP contribution in [-0.4, -0.2) is 28.0 Å². The van der Waals surface area contributed by atoms with E-state index in [4.69, 9.17) is 16.3 Å². The number of aryl methyl sites for hydroxylation is 1. The Morgan fingerprint density at radius 1 is 1.42 bits per heavy atom. The lowest BCUT2D eigenvalue weighted by molar-refractivity contribution is -0.127. The van der Waals surface area contributed by atoms with Crippen LogP contribution in [0.5, 0.6) is 0 Å². The minimum Gasteiger partial charge on any atom is -0.368 e. The van der Waals surface area contributed by atoms with E-state index in [0.717, 1.165) is 37.2 Å². The molecule has 6 heteroatoms. The Hall–Kier alpha value is -1.07. The van der Waals surface area contributed by atoms with Gasteiger partial charge in [0, 0.05) is 19.4 Å². The number of rotatable bonds is 5. The van der Waals surface area contributed by atoms with Gasteiger partial charge in [-0.15, -0.1) is 0 Å². The van der Waals surface area contributed by atoms with Crippen molar-refractivity contribution in [2.45, 2.75) is 85.0 Å². The summed E-state index contributed by atoms with van der Waals surface area (Å²) in [5.74, 6) is 0.905. The third-order valence-corrected chi connectivity index (χ3v) is 4.81. The average molecular weight is 356 g/mol. The molecule has 0 aliphatic carbocycles. The number of nitrogens with zero attached hydrogens (tertiary/aromatic N) is 1. The van der Waals surface area contributed by atoms with Gasteiger partial charge in [-0.2, -0.15) is 0 Å². The standard InChI is InChI=1S/C18H30ClN3O2/c1-6-7-8-15-21-16(17(19)22-15)13-9-12(20-11(2)23)10-14(24-13)18(3,4)5/h12-14H,6-10H2,1-5H3,(H,20,23)(H,21,22)/t12-,13-,14+/m0/s1. The number of amides is 1. The molecule has 2 N–H and O–H groups in total. The van der Waals surface area contributed by atoms with E-state index in [1.165, 1.54) is 0 Å². The molecule has 1 aliphatic heterocycles. The van der Waals surface area contributed by atoms with E-state index in [1.54, 1.807) is 6.92 Å². The van der Waals surface area contributed by atoms with Gasteiger partial charge in [-0.3, -0.25) is 4.79 Å². The van der Waals surface area contributed by atoms with Crippen molar-refractivity contribution < 1.29 is 9.53 Å². The Kier molecular flexibility index (Phi) is 6.32. The van der Waals surface area contributed by atoms with Crippen molar-refractivity contribution in [3.8, 4) is 0 Å². The van der Waals surface area contributed by atoms with Crippen molar-refractivity contribution in [3.63, 3.8) is 0 Å². The van der Waals surface area contributed by atoms with Crippen LogP contribution in [0.3, 0.4) is 0 Å². The summed E-state index contributed by atoms with van der Waals surface area (Å²) < 4.78 is 6.34. The lowest BCUT2D eigenvalue weighted by atomic mass is 9.82. The molecule has 0 bridgehead atoms. The van der Waals surface area contributed by atoms with Crippen LogP contribution in [0.4, 0.5) is 0 Å². The monoisotopic (exact) mass is 355 g/mol. The van der Waals surface area contributed by atoms with Gasteiger partial charge in [0.25, 0.3) is 0 Å². The minimum atomic E-state index is -0.171. The summed E-state index contributed by atoms with van der Waals surface area (Å²) in [5.41, 5.74) is 0.833. The van der Waals surface area contributed by atoms with E-state index in [2.05, 4.69) is 43.0 Å². The molecule has 0 saturated carbocycles. The third-order valence-electron chi connectivity index (χ3n) is 4.52. The Labute approximate surface area is 149 Å². The predicted molar refractivity (Wildman–Crippen MR) is 96.1 cm³/mol. The van der Waals surface area contributed by atoms with Crippen molar-refractivity contribution in [1.82, 2.24) is 15.3 Å². The molecule has 1 fully saturated rings. The molecule has 136 valence electrons. The zero-order valence-electron chi connectivity index (χ0n) is 15.4. The molecule has 1 aromatic heterocycles. The second-order valence-electron chi connectivity index (χ2n) is 7.84. The summed E-state index contributed by atoms with van der Waals surface area (Å²) in [7, 11) is 0. The van der Waals surface area contributed by atoms with Gasteiger partial charge < -0.3 is 15.0 Å². The molecule has 24 heavy (non-hydrogen) atoms. The molecular weight excluding hydrogens is 326 g/mol. The second kappa shape index (κ2) is 7.87. The maximum Gasteiger partial charge on any atom is 0.217 e. The van der Waals surface area contributed by atoms with E-state index in [-0.39, 0.29) is 29.6 Å². The minimum absolute atomic E-state index is 0.00680. The number of aromatic amines is 1. The van der Waals surface area contributed by atoms with Gasteiger partial charge in [-0.05, 0) is 24.7 Å². The summed E-state index contributed by atoms with van der Waals surface area (Å²) in [6, 6.07) is 0.0870. The first-order chi connectivity index (χ1) is 11.2. The molecular formula is C18H30ClN3O2. The van der Waals surface area contributed by atoms with Gasteiger partial charge in [0.2, 0.25) is 5.91 Å². The van der Waals surface area contributed by atoms with Crippen LogP contribution in [0.2, 0.25) is 5.15 Å². The van der Waals surface area contributed by atoms with Crippen molar-refractivity contribution in [3.05, 3.63) is 16.7 Å². The average Bonchev–Trinajstić information content (AvgIpc) is 2.84. The quantitative estimate of drug-likeness (QED) is 0.832. The Morgan fingerprint density at radius 3 is 2.71 bits per heavy atom. The van der Waals surface area contributed by atoms with Crippen LogP contribution in [0.1, 0.15) is 77.9 Å².